The first-order valence-electron chi connectivity index (χ1n) is 13.7. The van der Waals surface area contributed by atoms with E-state index in [1.165, 1.54) is 18.3 Å². The van der Waals surface area contributed by atoms with Crippen molar-refractivity contribution in [2.45, 2.75) is 54.6 Å². The number of sulfonamides is 1. The fourth-order valence-corrected chi connectivity index (χ4v) is 7.24. The van der Waals surface area contributed by atoms with Gasteiger partial charge in [-0.05, 0) is 93.6 Å². The van der Waals surface area contributed by atoms with E-state index in [-0.39, 0.29) is 23.9 Å². The van der Waals surface area contributed by atoms with Crippen molar-refractivity contribution < 1.29 is 40.3 Å². The van der Waals surface area contributed by atoms with E-state index >= 15 is 8.78 Å². The van der Waals surface area contributed by atoms with Crippen LogP contribution in [0.1, 0.15) is 48.3 Å². The van der Waals surface area contributed by atoms with Crippen molar-refractivity contribution in [1.29, 1.82) is 0 Å². The Bertz CT molecular complexity index is 1570. The number of carbonyl (C=O) groups is 1. The molecule has 1 saturated heterocycles. The van der Waals surface area contributed by atoms with Crippen molar-refractivity contribution in [3.8, 4) is 0 Å². The molecule has 238 valence electrons. The first kappa shape index (κ1) is 33.1. The Balaban J connectivity index is 0.00000141. The van der Waals surface area contributed by atoms with Crippen LogP contribution >= 0.6 is 0 Å². The van der Waals surface area contributed by atoms with Crippen LogP contribution in [0.15, 0.2) is 53.8 Å². The van der Waals surface area contributed by atoms with Crippen molar-refractivity contribution >= 4 is 28.0 Å². The van der Waals surface area contributed by atoms with Crippen LogP contribution in [-0.4, -0.2) is 67.6 Å². The van der Waals surface area contributed by atoms with Gasteiger partial charge in [-0.15, -0.1) is 0 Å². The van der Waals surface area contributed by atoms with E-state index in [9.17, 15) is 21.6 Å². The number of hydrogen-bond acceptors (Lipinski definition) is 7. The Morgan fingerprint density at radius 2 is 1.84 bits per heavy atom. The molecule has 1 aliphatic carbocycles. The largest absolute Gasteiger partial charge is 0.483 e. The van der Waals surface area contributed by atoms with Gasteiger partial charge >= 0.3 is 6.18 Å². The van der Waals surface area contributed by atoms with Gasteiger partial charge in [-0.2, -0.15) is 13.2 Å². The standard InChI is InChI=1S/C28H30F5N5O2S.CH2O2/c1-37(2)27(15-19-5-4-18-6-7-20(12-22(18)19)28(31,32)33)9-3-11-38(16-27)21-13-23(29)26(24(30)14-21)41(39,40)36-25-8-10-34-17-35-25;2-1-3/h6-8,10,12-14,17,19H,3-5,9,11,15-16H2,1-2H3,(H,34,35,36);1H,(H,2,3)/t19-,27+;/m0./s1. The van der Waals surface area contributed by atoms with Crippen LogP contribution in [0, 0.1) is 11.6 Å². The van der Waals surface area contributed by atoms with Crippen LogP contribution < -0.4 is 9.62 Å². The van der Waals surface area contributed by atoms with Crippen LogP contribution in [0.2, 0.25) is 0 Å². The maximum Gasteiger partial charge on any atom is 0.416 e. The number of rotatable bonds is 7. The zero-order valence-corrected chi connectivity index (χ0v) is 24.8. The minimum absolute atomic E-state index is 0.0940. The third kappa shape index (κ3) is 7.09. The predicted octanol–water partition coefficient (Wildman–Crippen LogP) is 5.30. The number of benzene rings is 2. The van der Waals surface area contributed by atoms with Gasteiger partial charge in [0.2, 0.25) is 0 Å². The Morgan fingerprint density at radius 1 is 1.16 bits per heavy atom. The summed E-state index contributed by atoms with van der Waals surface area (Å²) in [7, 11) is -0.806. The third-order valence-corrected chi connectivity index (χ3v) is 9.65. The lowest BCUT2D eigenvalue weighted by atomic mass is 9.77. The lowest BCUT2D eigenvalue weighted by Crippen LogP contribution is -2.57. The number of aryl methyl sites for hydroxylation is 1. The molecule has 3 aromatic rings. The minimum Gasteiger partial charge on any atom is -0.483 e. The van der Waals surface area contributed by atoms with Crippen LogP contribution in [0.3, 0.4) is 0 Å². The summed E-state index contributed by atoms with van der Waals surface area (Å²) in [6.45, 7) is 0.605. The fourth-order valence-electron chi connectivity index (χ4n) is 6.11. The SMILES string of the molecule is CN(C)[C@@]1(C[C@@H]2CCc3ccc(C(F)(F)F)cc32)CCCN(c2cc(F)c(S(=O)(=O)Nc3ccncn3)c(F)c2)C1.O=CO. The molecule has 2 atom stereocenters. The zero-order chi connectivity index (χ0) is 32.3. The molecule has 0 radical (unpaired) electrons. The molecule has 0 amide bonds. The van der Waals surface area contributed by atoms with Crippen molar-refractivity contribution in [3.05, 3.63) is 77.2 Å². The first-order valence-corrected chi connectivity index (χ1v) is 15.2. The van der Waals surface area contributed by atoms with E-state index < -0.39 is 43.8 Å². The molecule has 2 aliphatic rings. The number of halogens is 5. The molecular weight excluding hydrogens is 609 g/mol. The van der Waals surface area contributed by atoms with E-state index in [2.05, 4.69) is 14.7 Å². The van der Waals surface area contributed by atoms with E-state index in [0.717, 1.165) is 42.9 Å². The number of piperidine rings is 1. The summed E-state index contributed by atoms with van der Waals surface area (Å²) in [5.74, 6) is -2.71. The molecule has 9 nitrogen and oxygen atoms in total. The highest BCUT2D eigenvalue weighted by Gasteiger charge is 2.42. The van der Waals surface area contributed by atoms with E-state index in [1.54, 1.807) is 6.07 Å². The molecule has 15 heteroatoms. The van der Waals surface area contributed by atoms with E-state index in [0.29, 0.717) is 37.9 Å². The zero-order valence-electron chi connectivity index (χ0n) is 24.0. The molecule has 0 bridgehead atoms. The molecule has 1 aliphatic heterocycles. The number of carboxylic acid groups (broad SMARTS) is 1. The molecule has 2 N–H and O–H groups in total. The second kappa shape index (κ2) is 13.0. The first-order chi connectivity index (χ1) is 20.7. The summed E-state index contributed by atoms with van der Waals surface area (Å²) in [5.41, 5.74) is 0.674. The molecule has 2 heterocycles. The molecule has 44 heavy (non-hydrogen) atoms. The number of aromatic nitrogens is 2. The number of alkyl halides is 3. The average Bonchev–Trinajstić information content (AvgIpc) is 3.34. The van der Waals surface area contributed by atoms with Gasteiger partial charge < -0.3 is 14.9 Å². The van der Waals surface area contributed by atoms with Gasteiger partial charge in [-0.1, -0.05) is 6.07 Å². The predicted molar refractivity (Wildman–Crippen MR) is 153 cm³/mol. The summed E-state index contributed by atoms with van der Waals surface area (Å²) >= 11 is 0. The van der Waals surface area contributed by atoms with Gasteiger partial charge in [0.05, 0.1) is 5.56 Å². The van der Waals surface area contributed by atoms with Gasteiger partial charge in [-0.25, -0.2) is 27.2 Å². The Labute approximate surface area is 251 Å². The lowest BCUT2D eigenvalue weighted by molar-refractivity contribution is -0.137. The Morgan fingerprint density at radius 3 is 2.43 bits per heavy atom. The van der Waals surface area contributed by atoms with E-state index in [1.807, 2.05) is 23.9 Å². The number of nitrogens with zero attached hydrogens (tertiary/aromatic N) is 4. The van der Waals surface area contributed by atoms with Crippen LogP contribution in [0.25, 0.3) is 0 Å². The van der Waals surface area contributed by atoms with Crippen molar-refractivity contribution in [2.75, 3.05) is 36.8 Å². The monoisotopic (exact) mass is 641 g/mol. The summed E-state index contributed by atoms with van der Waals surface area (Å²) in [5, 5.41) is 6.89. The number of anilines is 2. The van der Waals surface area contributed by atoms with Crippen LogP contribution in [0.5, 0.6) is 0 Å². The molecule has 5 rings (SSSR count). The average molecular weight is 642 g/mol. The van der Waals surface area contributed by atoms with Crippen LogP contribution in [0.4, 0.5) is 33.5 Å². The topological polar surface area (TPSA) is 116 Å². The number of likely N-dealkylation sites (N-methyl/N-ethyl adjacent to an activating group) is 1. The molecule has 0 unspecified atom stereocenters. The van der Waals surface area contributed by atoms with Gasteiger partial charge in [0.25, 0.3) is 16.5 Å². The smallest absolute Gasteiger partial charge is 0.416 e. The lowest BCUT2D eigenvalue weighted by Gasteiger charge is -2.49. The maximum absolute atomic E-state index is 15.2. The summed E-state index contributed by atoms with van der Waals surface area (Å²) < 4.78 is 98.3. The highest BCUT2D eigenvalue weighted by Crippen LogP contribution is 2.45. The molecule has 1 aromatic heterocycles. The maximum atomic E-state index is 15.2. The van der Waals surface area contributed by atoms with Crippen LogP contribution in [-0.2, 0) is 27.4 Å². The molecular formula is C29H32F5N5O4S. The molecule has 0 spiro atoms. The number of fused-ring (bicyclic) bond motifs is 1. The number of nitrogens with one attached hydrogen (secondary N) is 1. The van der Waals surface area contributed by atoms with E-state index in [4.69, 9.17) is 9.90 Å². The second-order valence-electron chi connectivity index (χ2n) is 11.0. The fraction of sp³-hybridized carbons (Fsp3) is 0.414. The Hall–Kier alpha value is -3.85. The Kier molecular flexibility index (Phi) is 9.78. The summed E-state index contributed by atoms with van der Waals surface area (Å²) in [6, 6.07) is 7.21. The minimum atomic E-state index is -4.61. The van der Waals surface area contributed by atoms with Crippen molar-refractivity contribution in [1.82, 2.24) is 14.9 Å². The summed E-state index contributed by atoms with van der Waals surface area (Å²) in [4.78, 5) is 18.5. The third-order valence-electron chi connectivity index (χ3n) is 8.24. The molecule has 2 aromatic carbocycles. The normalized spacial score (nSPS) is 20.1. The van der Waals surface area contributed by atoms with Gasteiger partial charge in [0.1, 0.15) is 23.8 Å². The molecule has 1 fully saturated rings. The molecule has 0 saturated carbocycles. The number of hydrogen-bond donors (Lipinski definition) is 2. The van der Waals surface area contributed by atoms with Gasteiger partial charge in [0.15, 0.2) is 4.90 Å². The highest BCUT2D eigenvalue weighted by molar-refractivity contribution is 7.92. The van der Waals surface area contributed by atoms with Gasteiger partial charge in [-0.3, -0.25) is 9.52 Å². The quantitative estimate of drug-likeness (QED) is 0.264. The summed E-state index contributed by atoms with van der Waals surface area (Å²) in [6.07, 6.45) is 1.38. The second-order valence-corrected chi connectivity index (χ2v) is 12.7. The van der Waals surface area contributed by atoms with Crippen molar-refractivity contribution in [2.24, 2.45) is 0 Å². The highest BCUT2D eigenvalue weighted by atomic mass is 32.2. The van der Waals surface area contributed by atoms with Gasteiger partial charge in [0, 0.05) is 30.5 Å². The van der Waals surface area contributed by atoms with Crippen molar-refractivity contribution in [3.63, 3.8) is 0 Å².